The largest absolute Gasteiger partial charge is 0.334 e. The summed E-state index contributed by atoms with van der Waals surface area (Å²) in [5.41, 5.74) is 1.73. The molecule has 2 aliphatic heterocycles. The van der Waals surface area contributed by atoms with Crippen LogP contribution in [0.5, 0.6) is 0 Å². The first-order chi connectivity index (χ1) is 13.6. The third-order valence-corrected chi connectivity index (χ3v) is 6.40. The van der Waals surface area contributed by atoms with Gasteiger partial charge >= 0.3 is 6.03 Å². The minimum Gasteiger partial charge on any atom is -0.334 e. The van der Waals surface area contributed by atoms with E-state index in [2.05, 4.69) is 4.98 Å². The summed E-state index contributed by atoms with van der Waals surface area (Å²) in [5, 5.41) is 0.890. The van der Waals surface area contributed by atoms with Crippen LogP contribution in [-0.4, -0.2) is 70.9 Å². The maximum atomic E-state index is 13.2. The van der Waals surface area contributed by atoms with Crippen LogP contribution in [0.2, 0.25) is 0 Å². The van der Waals surface area contributed by atoms with Crippen LogP contribution in [-0.2, 0) is 0 Å². The van der Waals surface area contributed by atoms with Gasteiger partial charge in [-0.15, -0.1) is 11.3 Å². The summed E-state index contributed by atoms with van der Waals surface area (Å²) in [6, 6.07) is 9.99. The Hall–Kier alpha value is -2.41. The Labute approximate surface area is 169 Å². The highest BCUT2D eigenvalue weighted by atomic mass is 32.1. The molecule has 0 atom stereocenters. The number of benzene rings is 1. The van der Waals surface area contributed by atoms with Crippen molar-refractivity contribution in [2.45, 2.75) is 26.2 Å². The van der Waals surface area contributed by atoms with Gasteiger partial charge in [0.1, 0.15) is 4.88 Å². The van der Waals surface area contributed by atoms with E-state index in [0.717, 1.165) is 42.2 Å². The fourth-order valence-corrected chi connectivity index (χ4v) is 4.80. The van der Waals surface area contributed by atoms with Gasteiger partial charge in [-0.25, -0.2) is 9.78 Å². The number of nitrogens with zero attached hydrogens (tertiary/aromatic N) is 4. The SMILES string of the molecule is Cc1nc(-c2ccccc2)c(C(=O)N2CCN(C(=O)N3CCCCC3)CC2)s1. The van der Waals surface area contributed by atoms with Gasteiger partial charge in [0.05, 0.1) is 10.7 Å². The topological polar surface area (TPSA) is 56.8 Å². The molecule has 0 unspecified atom stereocenters. The maximum Gasteiger partial charge on any atom is 0.320 e. The molecule has 148 valence electrons. The van der Waals surface area contributed by atoms with E-state index in [1.165, 1.54) is 17.8 Å². The zero-order valence-electron chi connectivity index (χ0n) is 16.3. The summed E-state index contributed by atoms with van der Waals surface area (Å²) < 4.78 is 0. The maximum absolute atomic E-state index is 13.2. The van der Waals surface area contributed by atoms with E-state index in [9.17, 15) is 9.59 Å². The number of hydrogen-bond acceptors (Lipinski definition) is 4. The number of thiazole rings is 1. The molecule has 2 fully saturated rings. The summed E-state index contributed by atoms with van der Waals surface area (Å²) in [6.45, 7) is 5.99. The minimum atomic E-state index is 0.0227. The van der Waals surface area contributed by atoms with Crippen molar-refractivity contribution in [3.8, 4) is 11.3 Å². The Morgan fingerprint density at radius 3 is 2.14 bits per heavy atom. The Morgan fingerprint density at radius 1 is 0.857 bits per heavy atom. The Morgan fingerprint density at radius 2 is 1.46 bits per heavy atom. The van der Waals surface area contributed by atoms with E-state index in [-0.39, 0.29) is 11.9 Å². The fourth-order valence-electron chi connectivity index (χ4n) is 3.89. The molecule has 0 spiro atoms. The van der Waals surface area contributed by atoms with Gasteiger partial charge in [0.2, 0.25) is 0 Å². The van der Waals surface area contributed by atoms with Gasteiger partial charge in [-0.05, 0) is 26.2 Å². The van der Waals surface area contributed by atoms with E-state index in [0.29, 0.717) is 31.1 Å². The summed E-state index contributed by atoms with van der Waals surface area (Å²) in [5.74, 6) is 0.0227. The summed E-state index contributed by atoms with van der Waals surface area (Å²) in [4.78, 5) is 36.9. The molecule has 2 aliphatic rings. The first-order valence-corrected chi connectivity index (χ1v) is 10.8. The number of carbonyl (C=O) groups is 2. The molecule has 2 saturated heterocycles. The fraction of sp³-hybridized carbons (Fsp3) is 0.476. The third kappa shape index (κ3) is 3.90. The van der Waals surface area contributed by atoms with Gasteiger partial charge in [0, 0.05) is 44.8 Å². The van der Waals surface area contributed by atoms with Gasteiger partial charge in [-0.2, -0.15) is 0 Å². The highest BCUT2D eigenvalue weighted by Crippen LogP contribution is 2.29. The Kier molecular flexibility index (Phi) is 5.62. The average Bonchev–Trinajstić information content (AvgIpc) is 3.16. The van der Waals surface area contributed by atoms with Crippen LogP contribution in [0.4, 0.5) is 4.79 Å². The average molecular weight is 399 g/mol. The molecule has 0 N–H and O–H groups in total. The molecule has 1 aromatic heterocycles. The number of amides is 3. The molecule has 0 aliphatic carbocycles. The van der Waals surface area contributed by atoms with E-state index < -0.39 is 0 Å². The number of carbonyl (C=O) groups excluding carboxylic acids is 2. The summed E-state index contributed by atoms with van der Waals surface area (Å²) >= 11 is 1.45. The van der Waals surface area contributed by atoms with Crippen molar-refractivity contribution < 1.29 is 9.59 Å². The zero-order chi connectivity index (χ0) is 19.5. The number of rotatable bonds is 2. The van der Waals surface area contributed by atoms with E-state index in [1.807, 2.05) is 52.0 Å². The monoisotopic (exact) mass is 398 g/mol. The molecular weight excluding hydrogens is 372 g/mol. The Balaban J connectivity index is 1.43. The van der Waals surface area contributed by atoms with Gasteiger partial charge in [0.25, 0.3) is 5.91 Å². The molecule has 3 amide bonds. The van der Waals surface area contributed by atoms with Crippen LogP contribution in [0.25, 0.3) is 11.3 Å². The molecule has 4 rings (SSSR count). The van der Waals surface area contributed by atoms with Crippen LogP contribution < -0.4 is 0 Å². The Bertz CT molecular complexity index is 837. The molecule has 6 nitrogen and oxygen atoms in total. The number of piperazine rings is 1. The van der Waals surface area contributed by atoms with Gasteiger partial charge < -0.3 is 14.7 Å². The number of aromatic nitrogens is 1. The van der Waals surface area contributed by atoms with Crippen molar-refractivity contribution in [3.05, 3.63) is 40.2 Å². The van der Waals surface area contributed by atoms with Crippen molar-refractivity contribution in [3.63, 3.8) is 0 Å². The van der Waals surface area contributed by atoms with Gasteiger partial charge in [0.15, 0.2) is 0 Å². The van der Waals surface area contributed by atoms with E-state index in [1.54, 1.807) is 0 Å². The third-order valence-electron chi connectivity index (χ3n) is 5.44. The molecule has 28 heavy (non-hydrogen) atoms. The van der Waals surface area contributed by atoms with Crippen LogP contribution in [0.15, 0.2) is 30.3 Å². The molecule has 7 heteroatoms. The first-order valence-electron chi connectivity index (χ1n) is 9.99. The standard InChI is InChI=1S/C21H26N4O2S/c1-16-22-18(17-8-4-2-5-9-17)19(28-16)20(26)23-12-14-25(15-13-23)21(27)24-10-6-3-7-11-24/h2,4-5,8-9H,3,6-7,10-15H2,1H3. The highest BCUT2D eigenvalue weighted by Gasteiger charge is 2.30. The molecule has 0 radical (unpaired) electrons. The number of likely N-dealkylation sites (tertiary alicyclic amines) is 1. The van der Waals surface area contributed by atoms with Crippen molar-refractivity contribution in [2.24, 2.45) is 0 Å². The van der Waals surface area contributed by atoms with E-state index >= 15 is 0 Å². The predicted octanol–water partition coefficient (Wildman–Crippen LogP) is 3.48. The predicted molar refractivity (Wildman–Crippen MR) is 111 cm³/mol. The van der Waals surface area contributed by atoms with Crippen molar-refractivity contribution in [2.75, 3.05) is 39.3 Å². The number of aryl methyl sites for hydroxylation is 1. The molecular formula is C21H26N4O2S. The summed E-state index contributed by atoms with van der Waals surface area (Å²) in [7, 11) is 0. The molecule has 0 saturated carbocycles. The second-order valence-electron chi connectivity index (χ2n) is 7.39. The molecule has 2 aromatic rings. The number of hydrogen-bond donors (Lipinski definition) is 0. The molecule has 3 heterocycles. The van der Waals surface area contributed by atoms with Crippen molar-refractivity contribution >= 4 is 23.3 Å². The second kappa shape index (κ2) is 8.31. The van der Waals surface area contributed by atoms with Crippen LogP contribution >= 0.6 is 11.3 Å². The van der Waals surface area contributed by atoms with Gasteiger partial charge in [-0.1, -0.05) is 30.3 Å². The van der Waals surface area contributed by atoms with Crippen LogP contribution in [0, 0.1) is 6.92 Å². The van der Waals surface area contributed by atoms with Crippen molar-refractivity contribution in [1.29, 1.82) is 0 Å². The van der Waals surface area contributed by atoms with Crippen LogP contribution in [0.3, 0.4) is 0 Å². The highest BCUT2D eigenvalue weighted by molar-refractivity contribution is 7.14. The lowest BCUT2D eigenvalue weighted by atomic mass is 10.1. The smallest absolute Gasteiger partial charge is 0.320 e. The lowest BCUT2D eigenvalue weighted by molar-refractivity contribution is 0.0638. The van der Waals surface area contributed by atoms with Crippen LogP contribution in [0.1, 0.15) is 33.9 Å². The lowest BCUT2D eigenvalue weighted by Gasteiger charge is -2.38. The molecule has 0 bridgehead atoms. The normalized spacial score (nSPS) is 17.7. The minimum absolute atomic E-state index is 0.0227. The van der Waals surface area contributed by atoms with E-state index in [4.69, 9.17) is 0 Å². The number of piperidine rings is 1. The van der Waals surface area contributed by atoms with Gasteiger partial charge in [-0.3, -0.25) is 4.79 Å². The first kappa shape index (κ1) is 18.9. The second-order valence-corrected chi connectivity index (χ2v) is 8.59. The molecule has 1 aromatic carbocycles. The zero-order valence-corrected chi connectivity index (χ0v) is 17.1. The summed E-state index contributed by atoms with van der Waals surface area (Å²) in [6.07, 6.45) is 3.40. The number of urea groups is 1. The lowest BCUT2D eigenvalue weighted by Crippen LogP contribution is -2.54. The quantitative estimate of drug-likeness (QED) is 0.778. The van der Waals surface area contributed by atoms with Crippen molar-refractivity contribution in [1.82, 2.24) is 19.7 Å².